The van der Waals surface area contributed by atoms with Gasteiger partial charge in [0, 0.05) is 23.5 Å². The average Bonchev–Trinajstić information content (AvgIpc) is 3.21. The highest BCUT2D eigenvalue weighted by Gasteiger charge is 2.51. The fraction of sp³-hybridized carbons (Fsp3) is 0.550. The predicted octanol–water partition coefficient (Wildman–Crippen LogP) is 1.85. The first-order valence-electron chi connectivity index (χ1n) is 9.15. The van der Waals surface area contributed by atoms with Gasteiger partial charge in [-0.1, -0.05) is 13.8 Å². The Morgan fingerprint density at radius 3 is 2.31 bits per heavy atom. The van der Waals surface area contributed by atoms with Crippen molar-refractivity contribution in [3.8, 4) is 0 Å². The standard InChI is InChI=1S/C20H25NO5/c1-11(2)10-26-20(25)12-5-7-15(8-6-12)21-18(22)16-13-3-4-14(9-13)17(16)19(23)24/h5-8,11,13-14,16-17H,3-4,9-10H2,1-2H3,(H,21,22)(H,23,24)/p-1/t13-,14-,16+,17-/m0/s1. The third kappa shape index (κ3) is 3.74. The average molecular weight is 358 g/mol. The molecule has 6 nitrogen and oxygen atoms in total. The number of carboxylic acids is 1. The summed E-state index contributed by atoms with van der Waals surface area (Å²) in [4.78, 5) is 36.0. The Morgan fingerprint density at radius 2 is 1.73 bits per heavy atom. The second kappa shape index (κ2) is 7.48. The number of esters is 1. The van der Waals surface area contributed by atoms with E-state index in [1.54, 1.807) is 24.3 Å². The van der Waals surface area contributed by atoms with Crippen molar-refractivity contribution in [1.29, 1.82) is 0 Å². The normalized spacial score (nSPS) is 26.7. The zero-order valence-corrected chi connectivity index (χ0v) is 15.1. The van der Waals surface area contributed by atoms with Gasteiger partial charge in [0.15, 0.2) is 0 Å². The lowest BCUT2D eigenvalue weighted by Crippen LogP contribution is -2.43. The van der Waals surface area contributed by atoms with E-state index in [4.69, 9.17) is 4.74 Å². The second-order valence-electron chi connectivity index (χ2n) is 7.76. The zero-order chi connectivity index (χ0) is 18.8. The summed E-state index contributed by atoms with van der Waals surface area (Å²) >= 11 is 0. The van der Waals surface area contributed by atoms with Crippen LogP contribution in [0.2, 0.25) is 0 Å². The van der Waals surface area contributed by atoms with Gasteiger partial charge in [-0.15, -0.1) is 0 Å². The lowest BCUT2D eigenvalue weighted by molar-refractivity contribution is -0.314. The minimum Gasteiger partial charge on any atom is -0.550 e. The fourth-order valence-corrected chi connectivity index (χ4v) is 4.25. The van der Waals surface area contributed by atoms with E-state index in [-0.39, 0.29) is 23.7 Å². The number of aliphatic carboxylic acids is 1. The van der Waals surface area contributed by atoms with Crippen LogP contribution in [-0.2, 0) is 14.3 Å². The van der Waals surface area contributed by atoms with Crippen molar-refractivity contribution in [2.75, 3.05) is 11.9 Å². The number of amides is 1. The van der Waals surface area contributed by atoms with Gasteiger partial charge in [-0.3, -0.25) is 4.79 Å². The topological polar surface area (TPSA) is 95.5 Å². The van der Waals surface area contributed by atoms with Crippen LogP contribution < -0.4 is 10.4 Å². The number of fused-ring (bicyclic) bond motifs is 2. The first-order chi connectivity index (χ1) is 12.4. The molecule has 1 aromatic carbocycles. The van der Waals surface area contributed by atoms with Gasteiger partial charge >= 0.3 is 5.97 Å². The van der Waals surface area contributed by atoms with Gasteiger partial charge in [0.05, 0.1) is 12.2 Å². The van der Waals surface area contributed by atoms with Crippen LogP contribution in [0.25, 0.3) is 0 Å². The molecule has 4 atom stereocenters. The molecule has 2 aliphatic rings. The molecule has 140 valence electrons. The number of carbonyl (C=O) groups excluding carboxylic acids is 3. The maximum atomic E-state index is 12.6. The predicted molar refractivity (Wildman–Crippen MR) is 93.0 cm³/mol. The fourth-order valence-electron chi connectivity index (χ4n) is 4.25. The minimum absolute atomic E-state index is 0.0545. The van der Waals surface area contributed by atoms with Crippen LogP contribution in [0, 0.1) is 29.6 Å². The molecule has 0 heterocycles. The number of ether oxygens (including phenoxy) is 1. The van der Waals surface area contributed by atoms with Gasteiger partial charge in [-0.2, -0.15) is 0 Å². The van der Waals surface area contributed by atoms with E-state index in [2.05, 4.69) is 5.32 Å². The van der Waals surface area contributed by atoms with Crippen molar-refractivity contribution in [3.05, 3.63) is 29.8 Å². The highest BCUT2D eigenvalue weighted by Crippen LogP contribution is 2.52. The maximum Gasteiger partial charge on any atom is 0.338 e. The van der Waals surface area contributed by atoms with Crippen LogP contribution >= 0.6 is 0 Å². The van der Waals surface area contributed by atoms with Crippen molar-refractivity contribution >= 4 is 23.5 Å². The number of benzene rings is 1. The molecule has 0 spiro atoms. The van der Waals surface area contributed by atoms with Gasteiger partial charge in [0.25, 0.3) is 0 Å². The summed E-state index contributed by atoms with van der Waals surface area (Å²) in [6.45, 7) is 4.27. The first-order valence-corrected chi connectivity index (χ1v) is 9.15. The number of nitrogens with one attached hydrogen (secondary N) is 1. The molecule has 2 saturated carbocycles. The van der Waals surface area contributed by atoms with Crippen LogP contribution in [0.3, 0.4) is 0 Å². The number of carbonyl (C=O) groups is 3. The van der Waals surface area contributed by atoms with E-state index in [0.717, 1.165) is 19.3 Å². The molecule has 0 unspecified atom stereocenters. The summed E-state index contributed by atoms with van der Waals surface area (Å²) < 4.78 is 5.17. The van der Waals surface area contributed by atoms with E-state index in [0.29, 0.717) is 17.9 Å². The molecule has 1 N–H and O–H groups in total. The van der Waals surface area contributed by atoms with Crippen LogP contribution in [0.1, 0.15) is 43.5 Å². The van der Waals surface area contributed by atoms with E-state index < -0.39 is 23.8 Å². The molecule has 3 rings (SSSR count). The Bertz CT molecular complexity index is 697. The van der Waals surface area contributed by atoms with Crippen LogP contribution in [-0.4, -0.2) is 24.5 Å². The summed E-state index contributed by atoms with van der Waals surface area (Å²) in [5.41, 5.74) is 0.950. The summed E-state index contributed by atoms with van der Waals surface area (Å²) in [5.74, 6) is -2.60. The first kappa shape index (κ1) is 18.4. The molecule has 2 bridgehead atoms. The maximum absolute atomic E-state index is 12.6. The Morgan fingerprint density at radius 1 is 1.12 bits per heavy atom. The lowest BCUT2D eigenvalue weighted by atomic mass is 9.78. The summed E-state index contributed by atoms with van der Waals surface area (Å²) in [6, 6.07) is 6.45. The van der Waals surface area contributed by atoms with Gasteiger partial charge in [0.1, 0.15) is 0 Å². The van der Waals surface area contributed by atoms with Crippen molar-refractivity contribution in [1.82, 2.24) is 0 Å². The quantitative estimate of drug-likeness (QED) is 0.783. The second-order valence-corrected chi connectivity index (χ2v) is 7.76. The molecule has 0 radical (unpaired) electrons. The summed E-state index contributed by atoms with van der Waals surface area (Å²) in [7, 11) is 0. The smallest absolute Gasteiger partial charge is 0.338 e. The Balaban J connectivity index is 1.63. The number of carboxylic acid groups (broad SMARTS) is 1. The van der Waals surface area contributed by atoms with E-state index in [1.807, 2.05) is 13.8 Å². The van der Waals surface area contributed by atoms with E-state index in [1.165, 1.54) is 0 Å². The third-order valence-corrected chi connectivity index (χ3v) is 5.43. The van der Waals surface area contributed by atoms with Gasteiger partial charge in [-0.05, 0) is 61.3 Å². The molecule has 2 fully saturated rings. The minimum atomic E-state index is -1.12. The number of hydrogen-bond acceptors (Lipinski definition) is 5. The highest BCUT2D eigenvalue weighted by molar-refractivity contribution is 5.96. The molecule has 0 aromatic heterocycles. The molecular formula is C20H24NO5-. The molecule has 0 saturated heterocycles. The molecule has 6 heteroatoms. The van der Waals surface area contributed by atoms with Gasteiger partial charge < -0.3 is 20.0 Å². The van der Waals surface area contributed by atoms with Crippen LogP contribution in [0.15, 0.2) is 24.3 Å². The van der Waals surface area contributed by atoms with Crippen molar-refractivity contribution < 1.29 is 24.2 Å². The Labute approximate surface area is 152 Å². The third-order valence-electron chi connectivity index (χ3n) is 5.43. The van der Waals surface area contributed by atoms with E-state index in [9.17, 15) is 19.5 Å². The number of anilines is 1. The highest BCUT2D eigenvalue weighted by atomic mass is 16.5. The monoisotopic (exact) mass is 358 g/mol. The molecule has 26 heavy (non-hydrogen) atoms. The number of rotatable bonds is 6. The van der Waals surface area contributed by atoms with E-state index >= 15 is 0 Å². The largest absolute Gasteiger partial charge is 0.550 e. The van der Waals surface area contributed by atoms with Crippen molar-refractivity contribution in [2.24, 2.45) is 29.6 Å². The lowest BCUT2D eigenvalue weighted by Gasteiger charge is -2.30. The SMILES string of the molecule is CC(C)COC(=O)c1ccc(NC(=O)[C@@H]2[C@H]3CC[C@@H](C3)[C@@H]2C(=O)[O-])cc1. The molecular weight excluding hydrogens is 334 g/mol. The molecule has 1 amide bonds. The summed E-state index contributed by atoms with van der Waals surface area (Å²) in [6.07, 6.45) is 2.55. The molecule has 1 aromatic rings. The van der Waals surface area contributed by atoms with Gasteiger partial charge in [-0.25, -0.2) is 4.79 Å². The van der Waals surface area contributed by atoms with Crippen LogP contribution in [0.5, 0.6) is 0 Å². The molecule has 2 aliphatic carbocycles. The van der Waals surface area contributed by atoms with Crippen LogP contribution in [0.4, 0.5) is 5.69 Å². The van der Waals surface area contributed by atoms with Crippen molar-refractivity contribution in [2.45, 2.75) is 33.1 Å². The zero-order valence-electron chi connectivity index (χ0n) is 15.1. The molecule has 0 aliphatic heterocycles. The van der Waals surface area contributed by atoms with Crippen molar-refractivity contribution in [3.63, 3.8) is 0 Å². The Kier molecular flexibility index (Phi) is 5.30. The van der Waals surface area contributed by atoms with Gasteiger partial charge in [0.2, 0.25) is 5.91 Å². The number of hydrogen-bond donors (Lipinski definition) is 1. The summed E-state index contributed by atoms with van der Waals surface area (Å²) in [5, 5.41) is 14.2. The Hall–Kier alpha value is -2.37.